The van der Waals surface area contributed by atoms with E-state index in [4.69, 9.17) is 4.74 Å². The molecule has 1 amide bonds. The van der Waals surface area contributed by atoms with Crippen LogP contribution < -0.4 is 20.7 Å². The number of amides is 1. The standard InChI is InChI=1S/C23H31N5O2.HI/c1-3-25-23(27-16-22(29)28-19-7-6-12-24-15-19)26-14-18-11-10-17(2)13-21(18)30-20-8-4-5-9-20;/h6-7,10-13,15,20H,3-5,8-9,14,16H2,1-2H3,(H,28,29)(H2,25,26,27);1H. The van der Waals surface area contributed by atoms with E-state index in [2.05, 4.69) is 51.0 Å². The van der Waals surface area contributed by atoms with Crippen molar-refractivity contribution in [3.05, 3.63) is 53.9 Å². The third kappa shape index (κ3) is 8.35. The molecule has 1 aliphatic rings. The zero-order chi connectivity index (χ0) is 21.2. The highest BCUT2D eigenvalue weighted by Gasteiger charge is 2.18. The molecule has 7 nitrogen and oxygen atoms in total. The van der Waals surface area contributed by atoms with Crippen LogP contribution in [0.3, 0.4) is 0 Å². The first-order valence-corrected chi connectivity index (χ1v) is 10.6. The van der Waals surface area contributed by atoms with Gasteiger partial charge in [-0.25, -0.2) is 4.99 Å². The fraction of sp³-hybridized carbons (Fsp3) is 0.435. The van der Waals surface area contributed by atoms with Crippen molar-refractivity contribution >= 4 is 41.5 Å². The molecule has 0 atom stereocenters. The summed E-state index contributed by atoms with van der Waals surface area (Å²) in [5, 5.41) is 9.06. The summed E-state index contributed by atoms with van der Waals surface area (Å²) in [7, 11) is 0. The molecule has 0 spiro atoms. The maximum atomic E-state index is 12.2. The number of aromatic nitrogens is 1. The second-order valence-corrected chi connectivity index (χ2v) is 7.47. The fourth-order valence-electron chi connectivity index (χ4n) is 3.40. The number of carbonyl (C=O) groups excluding carboxylic acids is 1. The molecule has 0 radical (unpaired) electrons. The Morgan fingerprint density at radius 2 is 2.03 bits per heavy atom. The Hall–Kier alpha value is -2.36. The summed E-state index contributed by atoms with van der Waals surface area (Å²) in [6.07, 6.45) is 8.29. The Labute approximate surface area is 201 Å². The first-order valence-electron chi connectivity index (χ1n) is 10.6. The lowest BCUT2D eigenvalue weighted by Gasteiger charge is -2.17. The quantitative estimate of drug-likeness (QED) is 0.269. The van der Waals surface area contributed by atoms with Crippen molar-refractivity contribution in [3.63, 3.8) is 0 Å². The predicted molar refractivity (Wildman–Crippen MR) is 135 cm³/mol. The van der Waals surface area contributed by atoms with Crippen LogP contribution in [0.4, 0.5) is 5.69 Å². The molecule has 1 heterocycles. The molecule has 0 unspecified atom stereocenters. The van der Waals surface area contributed by atoms with Crippen LogP contribution in [0.2, 0.25) is 0 Å². The molecule has 0 aliphatic heterocycles. The molecule has 3 N–H and O–H groups in total. The Balaban J connectivity index is 0.00000341. The Morgan fingerprint density at radius 1 is 1.23 bits per heavy atom. The first-order chi connectivity index (χ1) is 14.6. The van der Waals surface area contributed by atoms with Crippen LogP contribution >= 0.6 is 24.0 Å². The molecule has 0 bridgehead atoms. The van der Waals surface area contributed by atoms with Crippen molar-refractivity contribution in [2.24, 2.45) is 4.99 Å². The molecule has 3 rings (SSSR count). The van der Waals surface area contributed by atoms with E-state index in [0.29, 0.717) is 30.8 Å². The number of halogens is 1. The number of nitrogens with one attached hydrogen (secondary N) is 3. The van der Waals surface area contributed by atoms with Gasteiger partial charge >= 0.3 is 0 Å². The van der Waals surface area contributed by atoms with Gasteiger partial charge in [0.25, 0.3) is 0 Å². The third-order valence-corrected chi connectivity index (χ3v) is 4.93. The molecule has 1 aromatic heterocycles. The largest absolute Gasteiger partial charge is 0.490 e. The maximum Gasteiger partial charge on any atom is 0.243 e. The SMILES string of the molecule is CCNC(=NCc1ccc(C)cc1OC1CCCC1)NCC(=O)Nc1cccnc1.I. The number of hydrogen-bond acceptors (Lipinski definition) is 4. The van der Waals surface area contributed by atoms with Crippen LogP contribution in [0.5, 0.6) is 5.75 Å². The number of aliphatic imine (C=N–C) groups is 1. The minimum absolute atomic E-state index is 0. The van der Waals surface area contributed by atoms with Crippen LogP contribution in [0.15, 0.2) is 47.7 Å². The number of carbonyl (C=O) groups is 1. The van der Waals surface area contributed by atoms with Gasteiger partial charge in [-0.05, 0) is 63.3 Å². The van der Waals surface area contributed by atoms with Crippen LogP contribution in [0.1, 0.15) is 43.7 Å². The van der Waals surface area contributed by atoms with Gasteiger partial charge in [-0.15, -0.1) is 24.0 Å². The number of ether oxygens (including phenoxy) is 1. The van der Waals surface area contributed by atoms with Crippen LogP contribution in [-0.4, -0.2) is 36.0 Å². The summed E-state index contributed by atoms with van der Waals surface area (Å²) in [4.78, 5) is 20.8. The highest BCUT2D eigenvalue weighted by atomic mass is 127. The van der Waals surface area contributed by atoms with Gasteiger partial charge in [-0.2, -0.15) is 0 Å². The average molecular weight is 537 g/mol. The molecular weight excluding hydrogens is 505 g/mol. The molecule has 31 heavy (non-hydrogen) atoms. The number of guanidine groups is 1. The van der Waals surface area contributed by atoms with Gasteiger partial charge in [0, 0.05) is 18.3 Å². The van der Waals surface area contributed by atoms with Gasteiger partial charge in [0.05, 0.1) is 31.1 Å². The number of aryl methyl sites for hydroxylation is 1. The zero-order valence-corrected chi connectivity index (χ0v) is 20.5. The molecule has 8 heteroatoms. The van der Waals surface area contributed by atoms with Crippen LogP contribution in [-0.2, 0) is 11.3 Å². The molecular formula is C23H32IN5O2. The highest BCUT2D eigenvalue weighted by Crippen LogP contribution is 2.28. The second kappa shape index (κ2) is 13.1. The summed E-state index contributed by atoms with van der Waals surface area (Å²) in [6, 6.07) is 9.82. The molecule has 1 saturated carbocycles. The van der Waals surface area contributed by atoms with E-state index >= 15 is 0 Å². The van der Waals surface area contributed by atoms with E-state index in [1.807, 2.05) is 6.92 Å². The number of nitrogens with zero attached hydrogens (tertiary/aromatic N) is 2. The van der Waals surface area contributed by atoms with Gasteiger partial charge in [-0.1, -0.05) is 12.1 Å². The number of hydrogen-bond donors (Lipinski definition) is 3. The monoisotopic (exact) mass is 537 g/mol. The minimum Gasteiger partial charge on any atom is -0.490 e. The third-order valence-electron chi connectivity index (χ3n) is 4.93. The number of anilines is 1. The lowest BCUT2D eigenvalue weighted by atomic mass is 10.1. The fourth-order valence-corrected chi connectivity index (χ4v) is 3.40. The summed E-state index contributed by atoms with van der Waals surface area (Å²) in [5.41, 5.74) is 2.89. The molecule has 2 aromatic rings. The summed E-state index contributed by atoms with van der Waals surface area (Å²) < 4.78 is 6.26. The second-order valence-electron chi connectivity index (χ2n) is 7.47. The summed E-state index contributed by atoms with van der Waals surface area (Å²) >= 11 is 0. The lowest BCUT2D eigenvalue weighted by Crippen LogP contribution is -2.41. The summed E-state index contributed by atoms with van der Waals surface area (Å²) in [6.45, 7) is 5.35. The van der Waals surface area contributed by atoms with E-state index in [-0.39, 0.29) is 36.4 Å². The molecule has 0 saturated heterocycles. The zero-order valence-electron chi connectivity index (χ0n) is 18.2. The van der Waals surface area contributed by atoms with E-state index in [1.54, 1.807) is 24.5 Å². The van der Waals surface area contributed by atoms with Gasteiger partial charge in [-0.3, -0.25) is 9.78 Å². The normalized spacial score (nSPS) is 13.9. The van der Waals surface area contributed by atoms with Crippen molar-refractivity contribution < 1.29 is 9.53 Å². The van der Waals surface area contributed by atoms with E-state index in [1.165, 1.54) is 18.4 Å². The molecule has 1 aromatic carbocycles. The van der Waals surface area contributed by atoms with E-state index < -0.39 is 0 Å². The maximum absolute atomic E-state index is 12.2. The Bertz CT molecular complexity index is 854. The van der Waals surface area contributed by atoms with E-state index in [9.17, 15) is 4.79 Å². The minimum atomic E-state index is -0.158. The first kappa shape index (κ1) is 24.9. The van der Waals surface area contributed by atoms with Gasteiger partial charge in [0.2, 0.25) is 5.91 Å². The molecule has 168 valence electrons. The van der Waals surface area contributed by atoms with Crippen molar-refractivity contribution in [1.82, 2.24) is 15.6 Å². The van der Waals surface area contributed by atoms with Crippen molar-refractivity contribution in [1.29, 1.82) is 0 Å². The lowest BCUT2D eigenvalue weighted by molar-refractivity contribution is -0.115. The summed E-state index contributed by atoms with van der Waals surface area (Å²) in [5.74, 6) is 1.34. The van der Waals surface area contributed by atoms with Crippen molar-refractivity contribution in [2.75, 3.05) is 18.4 Å². The van der Waals surface area contributed by atoms with Gasteiger partial charge in [0.1, 0.15) is 5.75 Å². The number of rotatable bonds is 8. The smallest absolute Gasteiger partial charge is 0.243 e. The Morgan fingerprint density at radius 3 is 2.74 bits per heavy atom. The van der Waals surface area contributed by atoms with Gasteiger partial charge in [0.15, 0.2) is 5.96 Å². The van der Waals surface area contributed by atoms with Crippen molar-refractivity contribution in [3.8, 4) is 5.75 Å². The van der Waals surface area contributed by atoms with Crippen molar-refractivity contribution in [2.45, 2.75) is 52.2 Å². The highest BCUT2D eigenvalue weighted by molar-refractivity contribution is 14.0. The van der Waals surface area contributed by atoms with Gasteiger partial charge < -0.3 is 20.7 Å². The molecule has 1 fully saturated rings. The molecule has 1 aliphatic carbocycles. The van der Waals surface area contributed by atoms with Crippen LogP contribution in [0, 0.1) is 6.92 Å². The topological polar surface area (TPSA) is 87.6 Å². The average Bonchev–Trinajstić information content (AvgIpc) is 3.25. The number of pyridine rings is 1. The number of benzene rings is 1. The Kier molecular flexibility index (Phi) is 10.6. The predicted octanol–water partition coefficient (Wildman–Crippen LogP) is 4.02. The van der Waals surface area contributed by atoms with E-state index in [0.717, 1.165) is 24.2 Å². The van der Waals surface area contributed by atoms with Crippen LogP contribution in [0.25, 0.3) is 0 Å².